The minimum Gasteiger partial charge on any atom is -0.388 e. The van der Waals surface area contributed by atoms with Gasteiger partial charge in [-0.05, 0) is 13.8 Å². The van der Waals surface area contributed by atoms with Crippen LogP contribution in [0.4, 0.5) is 11.8 Å². The largest absolute Gasteiger partial charge is 0.388 e. The van der Waals surface area contributed by atoms with Gasteiger partial charge in [-0.2, -0.15) is 4.98 Å². The topological polar surface area (TPSA) is 70.5 Å². The second kappa shape index (κ2) is 6.37. The standard InChI is InChI=1S/C14H24N4O2/c1-4-15-13-16-9-11(2)12(17-13)18(3)10-14(19)5-7-20-8-6-14/h9,19H,4-8,10H2,1-3H3,(H,15,16,17). The monoisotopic (exact) mass is 280 g/mol. The SMILES string of the molecule is CCNc1ncc(C)c(N(C)CC2(O)CCOCC2)n1. The number of likely N-dealkylation sites (N-methyl/N-ethyl adjacent to an activating group) is 1. The van der Waals surface area contributed by atoms with E-state index in [1.54, 1.807) is 0 Å². The third-order valence-electron chi connectivity index (χ3n) is 3.60. The van der Waals surface area contributed by atoms with Crippen LogP contribution in [0, 0.1) is 6.92 Å². The molecule has 0 spiro atoms. The molecule has 0 saturated carbocycles. The maximum atomic E-state index is 10.6. The Morgan fingerprint density at radius 1 is 1.45 bits per heavy atom. The summed E-state index contributed by atoms with van der Waals surface area (Å²) < 4.78 is 5.31. The molecule has 0 aliphatic carbocycles. The number of nitrogens with zero attached hydrogens (tertiary/aromatic N) is 3. The second-order valence-electron chi connectivity index (χ2n) is 5.42. The van der Waals surface area contributed by atoms with Gasteiger partial charge in [0.1, 0.15) is 5.82 Å². The molecule has 1 fully saturated rings. The van der Waals surface area contributed by atoms with E-state index in [-0.39, 0.29) is 0 Å². The van der Waals surface area contributed by atoms with Gasteiger partial charge in [0.15, 0.2) is 0 Å². The molecule has 0 atom stereocenters. The summed E-state index contributed by atoms with van der Waals surface area (Å²) in [5, 5.41) is 13.7. The predicted molar refractivity (Wildman–Crippen MR) is 79.2 cm³/mol. The summed E-state index contributed by atoms with van der Waals surface area (Å²) >= 11 is 0. The van der Waals surface area contributed by atoms with Crippen molar-refractivity contribution in [3.63, 3.8) is 0 Å². The number of rotatable bonds is 5. The molecule has 1 saturated heterocycles. The molecule has 6 heteroatoms. The summed E-state index contributed by atoms with van der Waals surface area (Å²) in [7, 11) is 1.96. The zero-order valence-electron chi connectivity index (χ0n) is 12.5. The van der Waals surface area contributed by atoms with Gasteiger partial charge < -0.3 is 20.1 Å². The second-order valence-corrected chi connectivity index (χ2v) is 5.42. The highest BCUT2D eigenvalue weighted by Gasteiger charge is 2.31. The zero-order chi connectivity index (χ0) is 14.6. The van der Waals surface area contributed by atoms with Crippen molar-refractivity contribution in [2.24, 2.45) is 0 Å². The number of hydrogen-bond donors (Lipinski definition) is 2. The summed E-state index contributed by atoms with van der Waals surface area (Å²) in [5.74, 6) is 1.48. The van der Waals surface area contributed by atoms with Crippen LogP contribution < -0.4 is 10.2 Å². The number of aryl methyl sites for hydroxylation is 1. The van der Waals surface area contributed by atoms with Crippen molar-refractivity contribution in [1.29, 1.82) is 0 Å². The minimum absolute atomic E-state index is 0.555. The lowest BCUT2D eigenvalue weighted by molar-refractivity contribution is -0.0573. The van der Waals surface area contributed by atoms with E-state index in [0.29, 0.717) is 38.5 Å². The number of ether oxygens (including phenoxy) is 1. The van der Waals surface area contributed by atoms with Crippen LogP contribution in [0.15, 0.2) is 6.20 Å². The third kappa shape index (κ3) is 3.58. The van der Waals surface area contributed by atoms with E-state index < -0.39 is 5.60 Å². The van der Waals surface area contributed by atoms with Crippen molar-refractivity contribution in [2.45, 2.75) is 32.3 Å². The van der Waals surface area contributed by atoms with Gasteiger partial charge in [0.2, 0.25) is 5.95 Å². The van der Waals surface area contributed by atoms with Crippen LogP contribution in [-0.4, -0.2) is 54.0 Å². The number of aliphatic hydroxyl groups is 1. The average molecular weight is 280 g/mol. The minimum atomic E-state index is -0.692. The Kier molecular flexibility index (Phi) is 4.77. The molecule has 20 heavy (non-hydrogen) atoms. The number of anilines is 2. The molecule has 6 nitrogen and oxygen atoms in total. The average Bonchev–Trinajstić information content (AvgIpc) is 2.41. The van der Waals surface area contributed by atoms with Crippen molar-refractivity contribution in [3.05, 3.63) is 11.8 Å². The Hall–Kier alpha value is -1.40. The molecule has 1 aromatic heterocycles. The van der Waals surface area contributed by atoms with Gasteiger partial charge in [0, 0.05) is 58.0 Å². The lowest BCUT2D eigenvalue weighted by Crippen LogP contribution is -2.46. The first-order valence-corrected chi connectivity index (χ1v) is 7.13. The predicted octanol–water partition coefficient (Wildman–Crippen LogP) is 1.19. The molecule has 2 rings (SSSR count). The first-order valence-electron chi connectivity index (χ1n) is 7.13. The van der Waals surface area contributed by atoms with Crippen molar-refractivity contribution in [1.82, 2.24) is 9.97 Å². The maximum Gasteiger partial charge on any atom is 0.224 e. The first kappa shape index (κ1) is 15.0. The van der Waals surface area contributed by atoms with Crippen LogP contribution in [0.1, 0.15) is 25.3 Å². The molecule has 1 aromatic rings. The Bertz CT molecular complexity index is 447. The van der Waals surface area contributed by atoms with E-state index in [4.69, 9.17) is 4.74 Å². The fourth-order valence-electron chi connectivity index (χ4n) is 2.49. The van der Waals surface area contributed by atoms with Gasteiger partial charge in [-0.15, -0.1) is 0 Å². The maximum absolute atomic E-state index is 10.6. The van der Waals surface area contributed by atoms with Gasteiger partial charge in [0.25, 0.3) is 0 Å². The number of hydrogen-bond acceptors (Lipinski definition) is 6. The first-order chi connectivity index (χ1) is 9.54. The summed E-state index contributed by atoms with van der Waals surface area (Å²) in [6.07, 6.45) is 3.15. The van der Waals surface area contributed by atoms with E-state index in [0.717, 1.165) is 17.9 Å². The smallest absolute Gasteiger partial charge is 0.224 e. The highest BCUT2D eigenvalue weighted by molar-refractivity contribution is 5.48. The molecule has 2 heterocycles. The van der Waals surface area contributed by atoms with Gasteiger partial charge in [-0.25, -0.2) is 4.98 Å². The number of aromatic nitrogens is 2. The van der Waals surface area contributed by atoms with Gasteiger partial charge in [-0.1, -0.05) is 0 Å². The van der Waals surface area contributed by atoms with Crippen LogP contribution in [-0.2, 0) is 4.74 Å². The fraction of sp³-hybridized carbons (Fsp3) is 0.714. The molecular formula is C14H24N4O2. The van der Waals surface area contributed by atoms with E-state index in [1.807, 2.05) is 32.0 Å². The van der Waals surface area contributed by atoms with Crippen LogP contribution in [0.5, 0.6) is 0 Å². The van der Waals surface area contributed by atoms with Crippen LogP contribution in [0.2, 0.25) is 0 Å². The van der Waals surface area contributed by atoms with Crippen LogP contribution >= 0.6 is 0 Å². The lowest BCUT2D eigenvalue weighted by atomic mass is 9.94. The summed E-state index contributed by atoms with van der Waals surface area (Å²) in [6, 6.07) is 0. The highest BCUT2D eigenvalue weighted by Crippen LogP contribution is 2.25. The number of nitrogens with one attached hydrogen (secondary N) is 1. The summed E-state index contributed by atoms with van der Waals surface area (Å²) in [4.78, 5) is 10.8. The molecule has 0 amide bonds. The van der Waals surface area contributed by atoms with Crippen molar-refractivity contribution in [3.8, 4) is 0 Å². The molecule has 1 aliphatic heterocycles. The Morgan fingerprint density at radius 2 is 2.15 bits per heavy atom. The normalized spacial score (nSPS) is 17.8. The molecule has 2 N–H and O–H groups in total. The molecule has 0 radical (unpaired) electrons. The molecular weight excluding hydrogens is 256 g/mol. The van der Waals surface area contributed by atoms with Gasteiger partial charge in [-0.3, -0.25) is 0 Å². The van der Waals surface area contributed by atoms with Crippen molar-refractivity contribution >= 4 is 11.8 Å². The van der Waals surface area contributed by atoms with Gasteiger partial charge >= 0.3 is 0 Å². The summed E-state index contributed by atoms with van der Waals surface area (Å²) in [6.45, 7) is 6.58. The Labute approximate surface area is 120 Å². The van der Waals surface area contributed by atoms with Crippen molar-refractivity contribution < 1.29 is 9.84 Å². The molecule has 0 bridgehead atoms. The quantitative estimate of drug-likeness (QED) is 0.844. The van der Waals surface area contributed by atoms with E-state index in [9.17, 15) is 5.11 Å². The highest BCUT2D eigenvalue weighted by atomic mass is 16.5. The van der Waals surface area contributed by atoms with E-state index in [1.165, 1.54) is 0 Å². The molecule has 0 unspecified atom stereocenters. The van der Waals surface area contributed by atoms with Crippen LogP contribution in [0.25, 0.3) is 0 Å². The van der Waals surface area contributed by atoms with Gasteiger partial charge in [0.05, 0.1) is 5.60 Å². The molecule has 1 aliphatic rings. The molecule has 0 aromatic carbocycles. The fourth-order valence-corrected chi connectivity index (χ4v) is 2.49. The summed E-state index contributed by atoms with van der Waals surface area (Å²) in [5.41, 5.74) is 0.313. The van der Waals surface area contributed by atoms with E-state index in [2.05, 4.69) is 15.3 Å². The van der Waals surface area contributed by atoms with Crippen LogP contribution in [0.3, 0.4) is 0 Å². The third-order valence-corrected chi connectivity index (χ3v) is 3.60. The molecule has 112 valence electrons. The lowest BCUT2D eigenvalue weighted by Gasteiger charge is -2.36. The van der Waals surface area contributed by atoms with E-state index >= 15 is 0 Å². The zero-order valence-corrected chi connectivity index (χ0v) is 12.5. The Morgan fingerprint density at radius 3 is 2.80 bits per heavy atom. The van der Waals surface area contributed by atoms with Crippen molar-refractivity contribution in [2.75, 3.05) is 43.6 Å². The Balaban J connectivity index is 2.11.